The molecule has 29 heavy (non-hydrogen) atoms. The summed E-state index contributed by atoms with van der Waals surface area (Å²) in [5, 5.41) is 2.95. The summed E-state index contributed by atoms with van der Waals surface area (Å²) in [6.07, 6.45) is 1.67. The Morgan fingerprint density at radius 2 is 1.76 bits per heavy atom. The van der Waals surface area contributed by atoms with E-state index in [4.69, 9.17) is 4.74 Å². The Morgan fingerprint density at radius 3 is 2.34 bits per heavy atom. The first-order valence-electron chi connectivity index (χ1n) is 10.2. The molecule has 0 aliphatic carbocycles. The number of rotatable bonds is 10. The van der Waals surface area contributed by atoms with Crippen LogP contribution in [0.4, 0.5) is 0 Å². The van der Waals surface area contributed by atoms with Crippen molar-refractivity contribution in [2.75, 3.05) is 13.7 Å². The second-order valence-corrected chi connectivity index (χ2v) is 7.19. The van der Waals surface area contributed by atoms with E-state index in [1.54, 1.807) is 12.0 Å². The van der Waals surface area contributed by atoms with E-state index in [-0.39, 0.29) is 18.2 Å². The van der Waals surface area contributed by atoms with Crippen molar-refractivity contribution >= 4 is 11.8 Å². The summed E-state index contributed by atoms with van der Waals surface area (Å²) in [6.45, 7) is 7.02. The average molecular weight is 397 g/mol. The van der Waals surface area contributed by atoms with E-state index in [2.05, 4.69) is 5.32 Å². The summed E-state index contributed by atoms with van der Waals surface area (Å²) in [5.41, 5.74) is 3.06. The Balaban J connectivity index is 2.27. The van der Waals surface area contributed by atoms with Gasteiger partial charge in [0.15, 0.2) is 0 Å². The molecule has 0 aromatic heterocycles. The number of carbonyl (C=O) groups is 2. The number of ether oxygens (including phenoxy) is 1. The molecule has 0 aliphatic rings. The highest BCUT2D eigenvalue weighted by molar-refractivity contribution is 5.88. The van der Waals surface area contributed by atoms with E-state index in [0.717, 1.165) is 28.9 Å². The summed E-state index contributed by atoms with van der Waals surface area (Å²) in [6, 6.07) is 15.0. The molecule has 0 fully saturated rings. The Labute approximate surface area is 174 Å². The van der Waals surface area contributed by atoms with Crippen molar-refractivity contribution < 1.29 is 14.3 Å². The molecule has 0 bridgehead atoms. The van der Waals surface area contributed by atoms with Gasteiger partial charge in [0.1, 0.15) is 11.8 Å². The topological polar surface area (TPSA) is 58.6 Å². The lowest BCUT2D eigenvalue weighted by atomic mass is 10.0. The average Bonchev–Trinajstić information content (AvgIpc) is 2.73. The predicted octanol–water partition coefficient (Wildman–Crippen LogP) is 3.88. The first-order valence-corrected chi connectivity index (χ1v) is 10.2. The van der Waals surface area contributed by atoms with Crippen LogP contribution in [0.25, 0.3) is 0 Å². The Hall–Kier alpha value is -2.82. The monoisotopic (exact) mass is 396 g/mol. The number of hydrogen-bond acceptors (Lipinski definition) is 3. The number of aryl methyl sites for hydroxylation is 1. The Kier molecular flexibility index (Phi) is 8.71. The molecule has 2 amide bonds. The van der Waals surface area contributed by atoms with Gasteiger partial charge in [0.2, 0.25) is 11.8 Å². The van der Waals surface area contributed by atoms with Gasteiger partial charge in [-0.2, -0.15) is 0 Å². The Morgan fingerprint density at radius 1 is 1.07 bits per heavy atom. The van der Waals surface area contributed by atoms with Crippen molar-refractivity contribution in [2.24, 2.45) is 0 Å². The van der Waals surface area contributed by atoms with E-state index in [0.29, 0.717) is 19.5 Å². The first-order chi connectivity index (χ1) is 14.0. The second kappa shape index (κ2) is 11.2. The fourth-order valence-electron chi connectivity index (χ4n) is 3.28. The largest absolute Gasteiger partial charge is 0.497 e. The minimum Gasteiger partial charge on any atom is -0.497 e. The number of nitrogens with one attached hydrogen (secondary N) is 1. The summed E-state index contributed by atoms with van der Waals surface area (Å²) < 4.78 is 5.19. The fourth-order valence-corrected chi connectivity index (χ4v) is 3.28. The van der Waals surface area contributed by atoms with Gasteiger partial charge in [-0.1, -0.05) is 50.2 Å². The van der Waals surface area contributed by atoms with Crippen LogP contribution in [0, 0.1) is 6.92 Å². The molecule has 2 aromatic carbocycles. The molecule has 1 atom stereocenters. The quantitative estimate of drug-likeness (QED) is 0.663. The van der Waals surface area contributed by atoms with Crippen LogP contribution in [-0.2, 0) is 22.6 Å². The minimum atomic E-state index is -0.494. The molecule has 0 heterocycles. The third kappa shape index (κ3) is 6.34. The zero-order valence-electron chi connectivity index (χ0n) is 17.9. The lowest BCUT2D eigenvalue weighted by molar-refractivity contribution is -0.140. The summed E-state index contributed by atoms with van der Waals surface area (Å²) in [5.74, 6) is 0.603. The van der Waals surface area contributed by atoms with Crippen molar-refractivity contribution in [1.82, 2.24) is 10.2 Å². The third-order valence-electron chi connectivity index (χ3n) is 5.05. The van der Waals surface area contributed by atoms with Crippen LogP contribution in [0.2, 0.25) is 0 Å². The maximum atomic E-state index is 13.3. The molecule has 0 aliphatic heterocycles. The molecule has 2 rings (SSSR count). The van der Waals surface area contributed by atoms with E-state index >= 15 is 0 Å². The fraction of sp³-hybridized carbons (Fsp3) is 0.417. The van der Waals surface area contributed by atoms with Crippen molar-refractivity contribution in [3.05, 3.63) is 65.2 Å². The number of amides is 2. The lowest BCUT2D eigenvalue weighted by Crippen LogP contribution is -2.49. The highest BCUT2D eigenvalue weighted by Gasteiger charge is 2.28. The molecular formula is C24H32N2O3. The summed E-state index contributed by atoms with van der Waals surface area (Å²) >= 11 is 0. The summed E-state index contributed by atoms with van der Waals surface area (Å²) in [7, 11) is 1.62. The van der Waals surface area contributed by atoms with Crippen molar-refractivity contribution in [2.45, 2.75) is 52.6 Å². The highest BCUT2D eigenvalue weighted by atomic mass is 16.5. The van der Waals surface area contributed by atoms with Crippen molar-refractivity contribution in [3.8, 4) is 5.75 Å². The van der Waals surface area contributed by atoms with Gasteiger partial charge in [0, 0.05) is 13.1 Å². The molecule has 5 heteroatoms. The molecule has 0 saturated heterocycles. The van der Waals surface area contributed by atoms with E-state index in [9.17, 15) is 9.59 Å². The van der Waals surface area contributed by atoms with Crippen LogP contribution in [0.15, 0.2) is 48.5 Å². The van der Waals surface area contributed by atoms with Crippen LogP contribution in [0.1, 0.15) is 43.4 Å². The lowest BCUT2D eigenvalue weighted by Gasteiger charge is -2.31. The van der Waals surface area contributed by atoms with Gasteiger partial charge in [0.25, 0.3) is 0 Å². The zero-order valence-corrected chi connectivity index (χ0v) is 17.9. The van der Waals surface area contributed by atoms with Gasteiger partial charge >= 0.3 is 0 Å². The van der Waals surface area contributed by atoms with Crippen LogP contribution in [0.5, 0.6) is 5.75 Å². The number of benzene rings is 2. The maximum absolute atomic E-state index is 13.3. The molecule has 2 aromatic rings. The first kappa shape index (κ1) is 22.5. The van der Waals surface area contributed by atoms with Crippen LogP contribution in [-0.4, -0.2) is 36.4 Å². The zero-order chi connectivity index (χ0) is 21.2. The third-order valence-corrected chi connectivity index (χ3v) is 5.05. The normalized spacial score (nSPS) is 11.6. The molecular weight excluding hydrogens is 364 g/mol. The summed E-state index contributed by atoms with van der Waals surface area (Å²) in [4.78, 5) is 27.8. The molecule has 1 N–H and O–H groups in total. The van der Waals surface area contributed by atoms with Crippen LogP contribution < -0.4 is 10.1 Å². The number of carbonyl (C=O) groups excluding carboxylic acids is 2. The van der Waals surface area contributed by atoms with Gasteiger partial charge in [-0.3, -0.25) is 9.59 Å². The Bertz CT molecular complexity index is 802. The number of methoxy groups -OCH3 is 1. The predicted molar refractivity (Wildman–Crippen MR) is 116 cm³/mol. The van der Waals surface area contributed by atoms with Gasteiger partial charge < -0.3 is 15.0 Å². The number of nitrogens with zero attached hydrogens (tertiary/aromatic N) is 1. The van der Waals surface area contributed by atoms with E-state index < -0.39 is 6.04 Å². The van der Waals surface area contributed by atoms with Gasteiger partial charge in [0.05, 0.1) is 13.5 Å². The van der Waals surface area contributed by atoms with Crippen molar-refractivity contribution in [1.29, 1.82) is 0 Å². The molecule has 0 radical (unpaired) electrons. The highest BCUT2D eigenvalue weighted by Crippen LogP contribution is 2.18. The van der Waals surface area contributed by atoms with Crippen LogP contribution in [0.3, 0.4) is 0 Å². The second-order valence-electron chi connectivity index (χ2n) is 7.19. The van der Waals surface area contributed by atoms with Gasteiger partial charge in [-0.05, 0) is 48.6 Å². The van der Waals surface area contributed by atoms with Gasteiger partial charge in [-0.15, -0.1) is 0 Å². The van der Waals surface area contributed by atoms with Crippen LogP contribution >= 0.6 is 0 Å². The van der Waals surface area contributed by atoms with E-state index in [1.165, 1.54) is 0 Å². The molecule has 0 spiro atoms. The molecule has 1 unspecified atom stereocenters. The van der Waals surface area contributed by atoms with Gasteiger partial charge in [-0.25, -0.2) is 0 Å². The number of hydrogen-bond donors (Lipinski definition) is 1. The smallest absolute Gasteiger partial charge is 0.242 e. The molecule has 5 nitrogen and oxygen atoms in total. The standard InChI is InChI=1S/C24H32N2O3/c1-5-15-25-24(28)22(6-2)26(17-20-10-8-7-9-18(20)3)23(27)16-19-11-13-21(29-4)14-12-19/h7-14,22H,5-6,15-17H2,1-4H3,(H,25,28). The maximum Gasteiger partial charge on any atom is 0.242 e. The molecule has 0 saturated carbocycles. The molecule has 156 valence electrons. The SMILES string of the molecule is CCCNC(=O)C(CC)N(Cc1ccccc1C)C(=O)Cc1ccc(OC)cc1. The minimum absolute atomic E-state index is 0.0584. The van der Waals surface area contributed by atoms with E-state index in [1.807, 2.05) is 69.3 Å². The van der Waals surface area contributed by atoms with Crippen molar-refractivity contribution in [3.63, 3.8) is 0 Å².